The molecule has 2 aromatic rings. The number of carbonyl (C=O) groups excluding carboxylic acids is 1. The van der Waals surface area contributed by atoms with Gasteiger partial charge in [0.15, 0.2) is 0 Å². The Morgan fingerprint density at radius 3 is 2.62 bits per heavy atom. The van der Waals surface area contributed by atoms with E-state index in [1.165, 1.54) is 5.56 Å². The Morgan fingerprint density at radius 2 is 1.90 bits per heavy atom. The molecular weight excluding hydrogens is 264 g/mol. The minimum Gasteiger partial charge on any atom is -0.489 e. The molecule has 21 heavy (non-hydrogen) atoms. The first kappa shape index (κ1) is 14.9. The van der Waals surface area contributed by atoms with Crippen LogP contribution in [-0.4, -0.2) is 13.1 Å². The van der Waals surface area contributed by atoms with Crippen LogP contribution in [0.15, 0.2) is 42.5 Å². The summed E-state index contributed by atoms with van der Waals surface area (Å²) in [6, 6.07) is 13.4. The summed E-state index contributed by atoms with van der Waals surface area (Å²) < 4.78 is 5.86. The average Bonchev–Trinajstić information content (AvgIpc) is 2.47. The van der Waals surface area contributed by atoms with E-state index in [0.717, 1.165) is 22.6 Å². The second-order valence-electron chi connectivity index (χ2n) is 4.92. The number of ether oxygens (including phenoxy) is 1. The Hall–Kier alpha value is -2.49. The van der Waals surface area contributed by atoms with E-state index in [-0.39, 0.29) is 6.03 Å². The number of hydrogen-bond acceptors (Lipinski definition) is 2. The van der Waals surface area contributed by atoms with Gasteiger partial charge in [-0.15, -0.1) is 0 Å². The van der Waals surface area contributed by atoms with Crippen LogP contribution in [0.5, 0.6) is 5.75 Å². The lowest BCUT2D eigenvalue weighted by Crippen LogP contribution is -2.25. The number of carbonyl (C=O) groups is 1. The number of hydrogen-bond donors (Lipinski definition) is 2. The molecule has 0 saturated carbocycles. The second-order valence-corrected chi connectivity index (χ2v) is 4.92. The highest BCUT2D eigenvalue weighted by Gasteiger charge is 2.06. The molecule has 2 rings (SSSR count). The summed E-state index contributed by atoms with van der Waals surface area (Å²) in [7, 11) is 1.59. The second kappa shape index (κ2) is 6.79. The Kier molecular flexibility index (Phi) is 4.82. The van der Waals surface area contributed by atoms with Gasteiger partial charge in [0.25, 0.3) is 0 Å². The maximum Gasteiger partial charge on any atom is 0.318 e. The largest absolute Gasteiger partial charge is 0.489 e. The maximum absolute atomic E-state index is 11.4. The first-order chi connectivity index (χ1) is 10.1. The van der Waals surface area contributed by atoms with Crippen LogP contribution in [0.1, 0.15) is 16.7 Å². The van der Waals surface area contributed by atoms with Gasteiger partial charge in [0.05, 0.1) is 0 Å². The van der Waals surface area contributed by atoms with E-state index in [2.05, 4.69) is 23.6 Å². The third-order valence-corrected chi connectivity index (χ3v) is 3.21. The number of amides is 2. The monoisotopic (exact) mass is 284 g/mol. The van der Waals surface area contributed by atoms with Crippen LogP contribution in [-0.2, 0) is 6.61 Å². The highest BCUT2D eigenvalue weighted by Crippen LogP contribution is 2.22. The average molecular weight is 284 g/mol. The van der Waals surface area contributed by atoms with Crippen LogP contribution >= 0.6 is 0 Å². The molecule has 110 valence electrons. The molecule has 0 radical (unpaired) electrons. The minimum absolute atomic E-state index is 0.242. The molecule has 0 aliphatic carbocycles. The van der Waals surface area contributed by atoms with Crippen molar-refractivity contribution in [3.05, 3.63) is 59.2 Å². The molecule has 2 amide bonds. The molecule has 0 aliphatic heterocycles. The zero-order valence-corrected chi connectivity index (χ0v) is 12.6. The molecule has 0 atom stereocenters. The molecule has 4 heteroatoms. The Labute approximate surface area is 125 Å². The van der Waals surface area contributed by atoms with Crippen molar-refractivity contribution in [2.45, 2.75) is 20.5 Å². The molecule has 0 unspecified atom stereocenters. The van der Waals surface area contributed by atoms with Gasteiger partial charge in [0.2, 0.25) is 0 Å². The van der Waals surface area contributed by atoms with Crippen LogP contribution in [0.2, 0.25) is 0 Å². The van der Waals surface area contributed by atoms with Gasteiger partial charge in [-0.3, -0.25) is 0 Å². The first-order valence-electron chi connectivity index (χ1n) is 6.87. The predicted molar refractivity (Wildman–Crippen MR) is 84.8 cm³/mol. The van der Waals surface area contributed by atoms with E-state index in [9.17, 15) is 4.79 Å². The van der Waals surface area contributed by atoms with Gasteiger partial charge in [-0.05, 0) is 31.5 Å². The number of anilines is 1. The van der Waals surface area contributed by atoms with Gasteiger partial charge in [0.1, 0.15) is 12.4 Å². The van der Waals surface area contributed by atoms with Crippen molar-refractivity contribution in [2.75, 3.05) is 12.4 Å². The van der Waals surface area contributed by atoms with Gasteiger partial charge < -0.3 is 15.4 Å². The highest BCUT2D eigenvalue weighted by atomic mass is 16.5. The Balaban J connectivity index is 2.11. The van der Waals surface area contributed by atoms with Gasteiger partial charge in [-0.25, -0.2) is 4.79 Å². The molecule has 0 saturated heterocycles. The van der Waals surface area contributed by atoms with Crippen molar-refractivity contribution in [1.29, 1.82) is 0 Å². The molecule has 4 nitrogen and oxygen atoms in total. The highest BCUT2D eigenvalue weighted by molar-refractivity contribution is 5.89. The Bertz CT molecular complexity index is 638. The van der Waals surface area contributed by atoms with Crippen molar-refractivity contribution in [2.24, 2.45) is 0 Å². The fourth-order valence-corrected chi connectivity index (χ4v) is 2.07. The molecule has 0 aliphatic rings. The fourth-order valence-electron chi connectivity index (χ4n) is 2.07. The van der Waals surface area contributed by atoms with E-state index in [4.69, 9.17) is 4.74 Å². The first-order valence-corrected chi connectivity index (χ1v) is 6.87. The lowest BCUT2D eigenvalue weighted by Gasteiger charge is -2.13. The molecule has 0 aromatic heterocycles. The number of urea groups is 1. The number of nitrogens with one attached hydrogen (secondary N) is 2. The van der Waals surface area contributed by atoms with Gasteiger partial charge in [0, 0.05) is 18.3 Å². The van der Waals surface area contributed by atoms with Gasteiger partial charge >= 0.3 is 6.03 Å². The van der Waals surface area contributed by atoms with Crippen molar-refractivity contribution >= 4 is 11.7 Å². The van der Waals surface area contributed by atoms with Crippen LogP contribution in [0.4, 0.5) is 10.5 Å². The van der Waals surface area contributed by atoms with Crippen LogP contribution in [0.3, 0.4) is 0 Å². The number of benzene rings is 2. The van der Waals surface area contributed by atoms with E-state index < -0.39 is 0 Å². The van der Waals surface area contributed by atoms with Crippen molar-refractivity contribution in [3.8, 4) is 5.75 Å². The maximum atomic E-state index is 11.4. The molecule has 0 bridgehead atoms. The summed E-state index contributed by atoms with van der Waals surface area (Å²) in [6.07, 6.45) is 0. The predicted octanol–water partition coefficient (Wildman–Crippen LogP) is 3.63. The summed E-state index contributed by atoms with van der Waals surface area (Å²) in [5, 5.41) is 5.33. The van der Waals surface area contributed by atoms with Crippen LogP contribution < -0.4 is 15.4 Å². The number of rotatable bonds is 4. The third kappa shape index (κ3) is 3.99. The normalized spacial score (nSPS) is 10.0. The van der Waals surface area contributed by atoms with E-state index >= 15 is 0 Å². The van der Waals surface area contributed by atoms with E-state index in [1.54, 1.807) is 7.05 Å². The standard InChI is InChI=1S/C17H20N2O2/c1-12-8-9-16(13(2)10-12)21-11-14-6-4-5-7-15(14)19-17(20)18-3/h4-10H,11H2,1-3H3,(H2,18,19,20). The van der Waals surface area contributed by atoms with Gasteiger partial charge in [-0.1, -0.05) is 35.9 Å². The topological polar surface area (TPSA) is 50.4 Å². The van der Waals surface area contributed by atoms with Crippen molar-refractivity contribution in [3.63, 3.8) is 0 Å². The summed E-state index contributed by atoms with van der Waals surface area (Å²) in [6.45, 7) is 4.49. The molecule has 0 spiro atoms. The third-order valence-electron chi connectivity index (χ3n) is 3.21. The lowest BCUT2D eigenvalue weighted by molar-refractivity contribution is 0.254. The minimum atomic E-state index is -0.242. The van der Waals surface area contributed by atoms with Crippen LogP contribution in [0.25, 0.3) is 0 Å². The van der Waals surface area contributed by atoms with Crippen molar-refractivity contribution in [1.82, 2.24) is 5.32 Å². The summed E-state index contributed by atoms with van der Waals surface area (Å²) >= 11 is 0. The van der Waals surface area contributed by atoms with E-state index in [1.807, 2.05) is 43.3 Å². The summed E-state index contributed by atoms with van der Waals surface area (Å²) in [5.41, 5.74) is 4.00. The zero-order chi connectivity index (χ0) is 15.2. The quantitative estimate of drug-likeness (QED) is 0.900. The Morgan fingerprint density at radius 1 is 1.14 bits per heavy atom. The summed E-state index contributed by atoms with van der Waals surface area (Å²) in [4.78, 5) is 11.4. The SMILES string of the molecule is CNC(=O)Nc1ccccc1COc1ccc(C)cc1C. The summed E-state index contributed by atoms with van der Waals surface area (Å²) in [5.74, 6) is 0.857. The van der Waals surface area contributed by atoms with E-state index in [0.29, 0.717) is 6.61 Å². The fraction of sp³-hybridized carbons (Fsp3) is 0.235. The zero-order valence-electron chi connectivity index (χ0n) is 12.6. The molecule has 2 aromatic carbocycles. The number of aryl methyl sites for hydroxylation is 2. The molecule has 0 fully saturated rings. The lowest BCUT2D eigenvalue weighted by atomic mass is 10.1. The molecule has 0 heterocycles. The molecular formula is C17H20N2O2. The molecule has 2 N–H and O–H groups in total. The smallest absolute Gasteiger partial charge is 0.318 e. The van der Waals surface area contributed by atoms with Crippen molar-refractivity contribution < 1.29 is 9.53 Å². The van der Waals surface area contributed by atoms with Crippen LogP contribution in [0, 0.1) is 13.8 Å². The van der Waals surface area contributed by atoms with Gasteiger partial charge in [-0.2, -0.15) is 0 Å². The number of para-hydroxylation sites is 1.